The molecule has 0 aliphatic carbocycles. The van der Waals surface area contributed by atoms with E-state index in [2.05, 4.69) is 29.5 Å². The van der Waals surface area contributed by atoms with Crippen molar-refractivity contribution in [2.75, 3.05) is 6.54 Å². The molecule has 0 fully saturated rings. The molecule has 4 heteroatoms. The minimum atomic E-state index is -0.0400. The molecule has 1 N–H and O–H groups in total. The molecule has 0 radical (unpaired) electrons. The second-order valence-electron chi connectivity index (χ2n) is 5.42. The summed E-state index contributed by atoms with van der Waals surface area (Å²) in [5, 5.41) is 7.85. The number of hydrogen-bond donors (Lipinski definition) is 1. The number of amides is 1. The molecule has 1 heterocycles. The Labute approximate surface area is 129 Å². The zero-order chi connectivity index (χ0) is 15.4. The summed E-state index contributed by atoms with van der Waals surface area (Å²) in [7, 11) is 0. The third-order valence-corrected chi connectivity index (χ3v) is 3.75. The normalized spacial score (nSPS) is 12.2. The van der Waals surface area contributed by atoms with Gasteiger partial charge in [-0.1, -0.05) is 54.5 Å². The van der Waals surface area contributed by atoms with E-state index in [9.17, 15) is 4.79 Å². The fourth-order valence-electron chi connectivity index (χ4n) is 2.45. The maximum Gasteiger partial charge on any atom is 0.226 e. The van der Waals surface area contributed by atoms with Crippen molar-refractivity contribution in [1.29, 1.82) is 0 Å². The Morgan fingerprint density at radius 1 is 1.14 bits per heavy atom. The van der Waals surface area contributed by atoms with Crippen LogP contribution in [0.25, 0.3) is 11.0 Å². The minimum Gasteiger partial charge on any atom is -0.356 e. The number of fused-ring (bicyclic) bond motifs is 1. The molecule has 112 valence electrons. The SMILES string of the molecule is C[C@@H](CNC(=O)Cc1noc2ccccc12)c1ccccc1. The zero-order valence-corrected chi connectivity index (χ0v) is 12.5. The summed E-state index contributed by atoms with van der Waals surface area (Å²) in [4.78, 5) is 12.1. The van der Waals surface area contributed by atoms with Crippen molar-refractivity contribution in [3.8, 4) is 0 Å². The molecule has 0 bridgehead atoms. The molecule has 0 spiro atoms. The van der Waals surface area contributed by atoms with Crippen molar-refractivity contribution in [3.63, 3.8) is 0 Å². The lowest BCUT2D eigenvalue weighted by Gasteiger charge is -2.12. The van der Waals surface area contributed by atoms with Gasteiger partial charge in [0.05, 0.1) is 6.42 Å². The van der Waals surface area contributed by atoms with Gasteiger partial charge >= 0.3 is 0 Å². The lowest BCUT2D eigenvalue weighted by Crippen LogP contribution is -2.29. The topological polar surface area (TPSA) is 55.1 Å². The molecule has 1 amide bonds. The minimum absolute atomic E-state index is 0.0400. The summed E-state index contributed by atoms with van der Waals surface area (Å²) in [5.74, 6) is 0.237. The Hall–Kier alpha value is -2.62. The molecular weight excluding hydrogens is 276 g/mol. The molecule has 0 unspecified atom stereocenters. The van der Waals surface area contributed by atoms with Crippen molar-refractivity contribution < 1.29 is 9.32 Å². The van der Waals surface area contributed by atoms with Crippen LogP contribution in [0.15, 0.2) is 59.1 Å². The number of nitrogens with zero attached hydrogens (tertiary/aromatic N) is 1. The molecule has 0 aliphatic rings. The van der Waals surface area contributed by atoms with Gasteiger partial charge in [-0.25, -0.2) is 0 Å². The Balaban J connectivity index is 1.59. The summed E-state index contributed by atoms with van der Waals surface area (Å²) in [5.41, 5.74) is 2.61. The second kappa shape index (κ2) is 6.43. The Kier molecular flexibility index (Phi) is 4.19. The first-order valence-electron chi connectivity index (χ1n) is 7.39. The maximum atomic E-state index is 12.1. The molecule has 0 saturated heterocycles. The highest BCUT2D eigenvalue weighted by molar-refractivity contribution is 5.86. The second-order valence-corrected chi connectivity index (χ2v) is 5.42. The number of para-hydroxylation sites is 1. The number of benzene rings is 2. The lowest BCUT2D eigenvalue weighted by molar-refractivity contribution is -0.120. The summed E-state index contributed by atoms with van der Waals surface area (Å²) < 4.78 is 5.21. The third kappa shape index (κ3) is 3.17. The van der Waals surface area contributed by atoms with E-state index in [1.807, 2.05) is 42.5 Å². The monoisotopic (exact) mass is 294 g/mol. The molecule has 0 aliphatic heterocycles. The van der Waals surface area contributed by atoms with Gasteiger partial charge in [-0.15, -0.1) is 0 Å². The van der Waals surface area contributed by atoms with Crippen molar-refractivity contribution in [1.82, 2.24) is 10.5 Å². The van der Waals surface area contributed by atoms with Crippen LogP contribution in [0, 0.1) is 0 Å². The first-order chi connectivity index (χ1) is 10.7. The largest absolute Gasteiger partial charge is 0.356 e. The van der Waals surface area contributed by atoms with Crippen LogP contribution in [0.1, 0.15) is 24.1 Å². The smallest absolute Gasteiger partial charge is 0.226 e. The van der Waals surface area contributed by atoms with E-state index < -0.39 is 0 Å². The van der Waals surface area contributed by atoms with Crippen LogP contribution in [0.2, 0.25) is 0 Å². The quantitative estimate of drug-likeness (QED) is 0.785. The Morgan fingerprint density at radius 3 is 2.68 bits per heavy atom. The molecule has 3 aromatic rings. The van der Waals surface area contributed by atoms with Gasteiger partial charge in [0.15, 0.2) is 5.58 Å². The average molecular weight is 294 g/mol. The molecule has 1 atom stereocenters. The van der Waals surface area contributed by atoms with E-state index in [0.29, 0.717) is 17.8 Å². The summed E-state index contributed by atoms with van der Waals surface area (Å²) in [6, 6.07) is 17.7. The summed E-state index contributed by atoms with van der Waals surface area (Å²) in [6.45, 7) is 2.71. The predicted octanol–water partition coefficient (Wildman–Crippen LogP) is 3.29. The maximum absolute atomic E-state index is 12.1. The number of aromatic nitrogens is 1. The zero-order valence-electron chi connectivity index (χ0n) is 12.5. The summed E-state index contributed by atoms with van der Waals surface area (Å²) >= 11 is 0. The first-order valence-corrected chi connectivity index (χ1v) is 7.39. The van der Waals surface area contributed by atoms with E-state index in [-0.39, 0.29) is 18.2 Å². The van der Waals surface area contributed by atoms with E-state index in [0.717, 1.165) is 5.39 Å². The van der Waals surface area contributed by atoms with Crippen molar-refractivity contribution in [2.24, 2.45) is 0 Å². The highest BCUT2D eigenvalue weighted by atomic mass is 16.5. The van der Waals surface area contributed by atoms with Gasteiger partial charge in [-0.05, 0) is 23.6 Å². The van der Waals surface area contributed by atoms with E-state index >= 15 is 0 Å². The fourth-order valence-corrected chi connectivity index (χ4v) is 2.45. The van der Waals surface area contributed by atoms with Gasteiger partial charge in [0, 0.05) is 11.9 Å². The standard InChI is InChI=1S/C18H18N2O2/c1-13(14-7-3-2-4-8-14)12-19-18(21)11-16-15-9-5-6-10-17(15)22-20-16/h2-10,13H,11-12H2,1H3,(H,19,21)/t13-/m0/s1. The third-order valence-electron chi connectivity index (χ3n) is 3.75. The number of carbonyl (C=O) groups excluding carboxylic acids is 1. The lowest BCUT2D eigenvalue weighted by atomic mass is 10.0. The van der Waals surface area contributed by atoms with Crippen LogP contribution < -0.4 is 5.32 Å². The van der Waals surface area contributed by atoms with Crippen LogP contribution in [-0.4, -0.2) is 17.6 Å². The van der Waals surface area contributed by atoms with Gasteiger partial charge in [-0.3, -0.25) is 4.79 Å². The van der Waals surface area contributed by atoms with Crippen LogP contribution in [0.3, 0.4) is 0 Å². The molecule has 1 aromatic heterocycles. The van der Waals surface area contributed by atoms with Crippen molar-refractivity contribution in [2.45, 2.75) is 19.3 Å². The van der Waals surface area contributed by atoms with Crippen LogP contribution in [0.4, 0.5) is 0 Å². The number of hydrogen-bond acceptors (Lipinski definition) is 3. The molecule has 3 rings (SSSR count). The van der Waals surface area contributed by atoms with Crippen LogP contribution >= 0.6 is 0 Å². The highest BCUT2D eigenvalue weighted by Crippen LogP contribution is 2.18. The van der Waals surface area contributed by atoms with E-state index in [1.54, 1.807) is 0 Å². The van der Waals surface area contributed by atoms with Gasteiger partial charge in [0.1, 0.15) is 5.69 Å². The van der Waals surface area contributed by atoms with Crippen LogP contribution in [0.5, 0.6) is 0 Å². The molecule has 4 nitrogen and oxygen atoms in total. The number of rotatable bonds is 5. The highest BCUT2D eigenvalue weighted by Gasteiger charge is 2.13. The predicted molar refractivity (Wildman–Crippen MR) is 85.6 cm³/mol. The van der Waals surface area contributed by atoms with Crippen molar-refractivity contribution in [3.05, 3.63) is 65.9 Å². The van der Waals surface area contributed by atoms with Gasteiger partial charge in [0.25, 0.3) is 0 Å². The first kappa shape index (κ1) is 14.3. The Bertz CT molecular complexity index is 765. The van der Waals surface area contributed by atoms with Gasteiger partial charge in [-0.2, -0.15) is 0 Å². The molecule has 0 saturated carbocycles. The number of carbonyl (C=O) groups is 1. The van der Waals surface area contributed by atoms with Crippen molar-refractivity contribution >= 4 is 16.9 Å². The summed E-state index contributed by atoms with van der Waals surface area (Å²) in [6.07, 6.45) is 0.235. The molecule has 22 heavy (non-hydrogen) atoms. The van der Waals surface area contributed by atoms with E-state index in [4.69, 9.17) is 4.52 Å². The molecular formula is C18H18N2O2. The average Bonchev–Trinajstić information content (AvgIpc) is 2.97. The Morgan fingerprint density at radius 2 is 1.86 bits per heavy atom. The molecule has 2 aromatic carbocycles. The van der Waals surface area contributed by atoms with E-state index in [1.165, 1.54) is 5.56 Å². The van der Waals surface area contributed by atoms with Gasteiger partial charge < -0.3 is 9.84 Å². The fraction of sp³-hybridized carbons (Fsp3) is 0.222. The number of nitrogens with one attached hydrogen (secondary N) is 1. The van der Waals surface area contributed by atoms with Gasteiger partial charge in [0.2, 0.25) is 5.91 Å². The van der Waals surface area contributed by atoms with Crippen LogP contribution in [-0.2, 0) is 11.2 Å².